The van der Waals surface area contributed by atoms with Crippen molar-refractivity contribution in [2.45, 2.75) is 95.9 Å². The molecule has 1 heterocycles. The van der Waals surface area contributed by atoms with Crippen LogP contribution in [0.25, 0.3) is 0 Å². The molecule has 3 N–H and O–H groups in total. The summed E-state index contributed by atoms with van der Waals surface area (Å²) in [6.07, 6.45) is 2.79. The normalized spacial score (nSPS) is 37.1. The molecule has 0 aromatic heterocycles. The molecule has 28 heavy (non-hydrogen) atoms. The van der Waals surface area contributed by atoms with Crippen molar-refractivity contribution in [2.75, 3.05) is 26.8 Å². The Hall–Kier alpha value is -0.500. The molecule has 2 aliphatic rings. The Kier molecular flexibility index (Phi) is 8.10. The van der Waals surface area contributed by atoms with Crippen LogP contribution in [0.5, 0.6) is 0 Å². The fraction of sp³-hybridized carbons (Fsp3) is 0.909. The number of ether oxygens (including phenoxy) is 2. The zero-order valence-corrected chi connectivity index (χ0v) is 18.5. The van der Waals surface area contributed by atoms with Gasteiger partial charge < -0.3 is 24.8 Å². The molecule has 0 bridgehead atoms. The third-order valence-electron chi connectivity index (χ3n) is 6.66. The first-order chi connectivity index (χ1) is 13.1. The minimum absolute atomic E-state index is 0.188. The predicted molar refractivity (Wildman–Crippen MR) is 110 cm³/mol. The number of allylic oxidation sites excluding steroid dienone is 1. The van der Waals surface area contributed by atoms with Gasteiger partial charge in [0.1, 0.15) is 0 Å². The number of hydrogen-bond donors (Lipinski definition) is 3. The van der Waals surface area contributed by atoms with Crippen LogP contribution in [-0.4, -0.2) is 82.6 Å². The van der Waals surface area contributed by atoms with Crippen molar-refractivity contribution < 1.29 is 24.8 Å². The van der Waals surface area contributed by atoms with Gasteiger partial charge in [-0.05, 0) is 60.3 Å². The number of rotatable bonds is 9. The van der Waals surface area contributed by atoms with E-state index in [9.17, 15) is 15.3 Å². The molecule has 0 spiro atoms. The summed E-state index contributed by atoms with van der Waals surface area (Å²) < 4.78 is 11.4. The number of methoxy groups -OCH3 is 1. The van der Waals surface area contributed by atoms with Gasteiger partial charge in [0.15, 0.2) is 0 Å². The van der Waals surface area contributed by atoms with E-state index in [1.54, 1.807) is 7.11 Å². The first-order valence-electron chi connectivity index (χ1n) is 10.7. The van der Waals surface area contributed by atoms with E-state index in [1.165, 1.54) is 0 Å². The average Bonchev–Trinajstić information content (AvgIpc) is 2.86. The van der Waals surface area contributed by atoms with Gasteiger partial charge >= 0.3 is 0 Å². The molecule has 1 saturated heterocycles. The van der Waals surface area contributed by atoms with Gasteiger partial charge in [-0.3, -0.25) is 4.90 Å². The lowest BCUT2D eigenvalue weighted by atomic mass is 9.65. The van der Waals surface area contributed by atoms with Crippen LogP contribution < -0.4 is 0 Å². The SMILES string of the molecule is CO[C@@H]1[C@H](O)CC[C@]2(O)CN(CCCOC(C)C)[C@](C)([C@H](O)CC=C(C)C)[C@@H]12. The first-order valence-corrected chi connectivity index (χ1v) is 10.7. The van der Waals surface area contributed by atoms with Crippen molar-refractivity contribution in [1.29, 1.82) is 0 Å². The summed E-state index contributed by atoms with van der Waals surface area (Å²) in [4.78, 5) is 2.20. The monoisotopic (exact) mass is 399 g/mol. The summed E-state index contributed by atoms with van der Waals surface area (Å²) in [6, 6.07) is 0. The second kappa shape index (κ2) is 9.54. The van der Waals surface area contributed by atoms with Gasteiger partial charge in [-0.2, -0.15) is 0 Å². The summed E-state index contributed by atoms with van der Waals surface area (Å²) in [7, 11) is 1.58. The highest BCUT2D eigenvalue weighted by Gasteiger charge is 2.65. The Morgan fingerprint density at radius 3 is 2.57 bits per heavy atom. The molecule has 2 fully saturated rings. The summed E-state index contributed by atoms with van der Waals surface area (Å²) >= 11 is 0. The summed E-state index contributed by atoms with van der Waals surface area (Å²) in [5.74, 6) is -0.361. The van der Waals surface area contributed by atoms with Crippen LogP contribution in [-0.2, 0) is 9.47 Å². The molecule has 6 atom stereocenters. The van der Waals surface area contributed by atoms with Gasteiger partial charge in [-0.1, -0.05) is 11.6 Å². The minimum Gasteiger partial charge on any atom is -0.391 e. The van der Waals surface area contributed by atoms with Gasteiger partial charge in [0.2, 0.25) is 0 Å². The van der Waals surface area contributed by atoms with E-state index < -0.39 is 29.5 Å². The fourth-order valence-electron chi connectivity index (χ4n) is 5.19. The van der Waals surface area contributed by atoms with E-state index in [1.807, 2.05) is 40.7 Å². The molecule has 2 rings (SSSR count). The highest BCUT2D eigenvalue weighted by atomic mass is 16.5. The fourth-order valence-corrected chi connectivity index (χ4v) is 5.19. The van der Waals surface area contributed by atoms with Crippen LogP contribution >= 0.6 is 0 Å². The van der Waals surface area contributed by atoms with Crippen molar-refractivity contribution in [2.24, 2.45) is 5.92 Å². The van der Waals surface area contributed by atoms with Crippen LogP contribution in [0.15, 0.2) is 11.6 Å². The van der Waals surface area contributed by atoms with Crippen LogP contribution in [0.3, 0.4) is 0 Å². The van der Waals surface area contributed by atoms with E-state index >= 15 is 0 Å². The van der Waals surface area contributed by atoms with Gasteiger partial charge in [0, 0.05) is 32.7 Å². The summed E-state index contributed by atoms with van der Waals surface area (Å²) in [5, 5.41) is 33.3. The molecule has 1 aliphatic heterocycles. The summed E-state index contributed by atoms with van der Waals surface area (Å²) in [6.45, 7) is 11.9. The zero-order chi connectivity index (χ0) is 21.1. The smallest absolute Gasteiger partial charge is 0.0904 e. The zero-order valence-electron chi connectivity index (χ0n) is 18.5. The second-order valence-corrected chi connectivity index (χ2v) is 9.34. The molecular weight excluding hydrogens is 358 g/mol. The molecule has 6 nitrogen and oxygen atoms in total. The van der Waals surface area contributed by atoms with Crippen LogP contribution in [0.2, 0.25) is 0 Å². The average molecular weight is 400 g/mol. The number of hydrogen-bond acceptors (Lipinski definition) is 6. The third kappa shape index (κ3) is 4.79. The third-order valence-corrected chi connectivity index (χ3v) is 6.66. The highest BCUT2D eigenvalue weighted by molar-refractivity contribution is 5.19. The Morgan fingerprint density at radius 2 is 2.00 bits per heavy atom. The Balaban J connectivity index is 2.30. The second-order valence-electron chi connectivity index (χ2n) is 9.34. The van der Waals surface area contributed by atoms with Crippen molar-refractivity contribution in [3.05, 3.63) is 11.6 Å². The van der Waals surface area contributed by atoms with Crippen molar-refractivity contribution in [3.63, 3.8) is 0 Å². The standard InChI is InChI=1S/C22H41NO5/c1-15(2)8-9-18(25)21(5)20-19(27-6)17(24)10-11-22(20,26)14-23(21)12-7-13-28-16(3)4/h8,16-20,24-26H,7,9-14H2,1-6H3/t17-,18-,19-,20-,21-,22+/m1/s1. The molecule has 1 saturated carbocycles. The van der Waals surface area contributed by atoms with Crippen LogP contribution in [0, 0.1) is 5.92 Å². The lowest BCUT2D eigenvalue weighted by molar-refractivity contribution is -0.169. The Labute approximate surface area is 170 Å². The van der Waals surface area contributed by atoms with Crippen molar-refractivity contribution >= 4 is 0 Å². The van der Waals surface area contributed by atoms with E-state index in [0.29, 0.717) is 32.4 Å². The van der Waals surface area contributed by atoms with Gasteiger partial charge in [-0.15, -0.1) is 0 Å². The van der Waals surface area contributed by atoms with Gasteiger partial charge in [-0.25, -0.2) is 0 Å². The van der Waals surface area contributed by atoms with E-state index in [4.69, 9.17) is 9.47 Å². The maximum absolute atomic E-state index is 11.5. The van der Waals surface area contributed by atoms with Crippen molar-refractivity contribution in [1.82, 2.24) is 4.90 Å². The molecule has 164 valence electrons. The highest BCUT2D eigenvalue weighted by Crippen LogP contribution is 2.52. The molecule has 1 aliphatic carbocycles. The Morgan fingerprint density at radius 1 is 1.32 bits per heavy atom. The minimum atomic E-state index is -0.973. The van der Waals surface area contributed by atoms with Crippen LogP contribution in [0.1, 0.15) is 60.3 Å². The topological polar surface area (TPSA) is 82.4 Å². The number of likely N-dealkylation sites (tertiary alicyclic amines) is 1. The number of aliphatic hydroxyl groups is 3. The van der Waals surface area contributed by atoms with Gasteiger partial charge in [0.25, 0.3) is 0 Å². The molecule has 0 aromatic rings. The molecule has 0 radical (unpaired) electrons. The lowest BCUT2D eigenvalue weighted by Crippen LogP contribution is -2.63. The molecule has 0 aromatic carbocycles. The Bertz CT molecular complexity index is 535. The summed E-state index contributed by atoms with van der Waals surface area (Å²) in [5.41, 5.74) is -0.514. The van der Waals surface area contributed by atoms with Gasteiger partial charge in [0.05, 0.1) is 35.6 Å². The molecule has 0 amide bonds. The lowest BCUT2D eigenvalue weighted by Gasteiger charge is -2.50. The van der Waals surface area contributed by atoms with E-state index in [-0.39, 0.29) is 12.0 Å². The predicted octanol–water partition coefficient (Wildman–Crippen LogP) is 2.11. The molecule has 6 heteroatoms. The maximum Gasteiger partial charge on any atom is 0.0904 e. The number of aliphatic hydroxyl groups excluding tert-OH is 2. The van der Waals surface area contributed by atoms with E-state index in [2.05, 4.69) is 4.90 Å². The maximum atomic E-state index is 11.5. The molecular formula is C22H41NO5. The van der Waals surface area contributed by atoms with Crippen molar-refractivity contribution in [3.8, 4) is 0 Å². The number of nitrogens with zero attached hydrogens (tertiary/aromatic N) is 1. The van der Waals surface area contributed by atoms with Crippen LogP contribution in [0.4, 0.5) is 0 Å². The van der Waals surface area contributed by atoms with E-state index in [0.717, 1.165) is 18.5 Å². The largest absolute Gasteiger partial charge is 0.391 e. The number of fused-ring (bicyclic) bond motifs is 1. The number of β-amino-alcohol motifs (C(OH)–C–C–N with tert-alkyl or cyclic N) is 1. The first kappa shape index (κ1) is 23.8. The quantitative estimate of drug-likeness (QED) is 0.407. The molecule has 0 unspecified atom stereocenters.